The minimum atomic E-state index is 0.440. The molecule has 0 atom stereocenters. The van der Waals surface area contributed by atoms with Crippen LogP contribution < -0.4 is 0 Å². The maximum atomic E-state index is 5.28. The van der Waals surface area contributed by atoms with E-state index >= 15 is 0 Å². The van der Waals surface area contributed by atoms with E-state index in [0.29, 0.717) is 6.61 Å². The second kappa shape index (κ2) is 9.14. The Kier molecular flexibility index (Phi) is 8.51. The van der Waals surface area contributed by atoms with Crippen LogP contribution in [0.1, 0.15) is 13.8 Å². The van der Waals surface area contributed by atoms with E-state index in [-0.39, 0.29) is 0 Å². The van der Waals surface area contributed by atoms with Crippen molar-refractivity contribution in [3.63, 3.8) is 0 Å². The number of thioether (sulfide) groups is 1. The maximum absolute atomic E-state index is 5.28. The summed E-state index contributed by atoms with van der Waals surface area (Å²) < 4.78 is 10.3. The molecule has 0 aromatic heterocycles. The lowest BCUT2D eigenvalue weighted by Crippen LogP contribution is -1.99. The molecular weight excluding hydrogens is 220 g/mol. The van der Waals surface area contributed by atoms with Gasteiger partial charge in [0.2, 0.25) is 0 Å². The van der Waals surface area contributed by atoms with Crippen LogP contribution in [-0.4, -0.2) is 20.8 Å². The van der Waals surface area contributed by atoms with Crippen molar-refractivity contribution in [3.8, 4) is 11.8 Å². The molecule has 0 spiro atoms. The molecule has 0 rings (SSSR count). The Balaban J connectivity index is 4.93. The van der Waals surface area contributed by atoms with Crippen LogP contribution in [0.4, 0.5) is 0 Å². The normalized spacial score (nSPS) is 11.8. The highest BCUT2D eigenvalue weighted by Crippen LogP contribution is 2.28. The summed E-state index contributed by atoms with van der Waals surface area (Å²) in [7, 11) is 3.27. The van der Waals surface area contributed by atoms with Gasteiger partial charge in [-0.25, -0.2) is 0 Å². The Bertz CT molecular complexity index is 343. The highest BCUT2D eigenvalue weighted by molar-refractivity contribution is 8.07. The third-order valence-electron chi connectivity index (χ3n) is 1.61. The number of allylic oxidation sites excluding steroid dienone is 3. The first-order valence-corrected chi connectivity index (χ1v) is 5.69. The maximum Gasteiger partial charge on any atom is 0.135 e. The summed E-state index contributed by atoms with van der Waals surface area (Å²) >= 11 is 1.49. The van der Waals surface area contributed by atoms with Crippen LogP contribution >= 0.6 is 11.8 Å². The first kappa shape index (κ1) is 14.9. The molecule has 0 fully saturated rings. The van der Waals surface area contributed by atoms with Gasteiger partial charge >= 0.3 is 0 Å². The standard InChI is InChI=1S/C13H18O2S/c1-6-8-11(3)16-13(9-7-2)12(15-5)10-14-4/h7,9H,3,10H2,1-2,4-5H3/b9-7+,13-12+. The number of hydrogen-bond donors (Lipinski definition) is 0. The average Bonchev–Trinajstić information content (AvgIpc) is 2.25. The molecule has 0 aliphatic heterocycles. The van der Waals surface area contributed by atoms with E-state index < -0.39 is 0 Å². The molecule has 3 heteroatoms. The van der Waals surface area contributed by atoms with E-state index in [1.807, 2.05) is 19.1 Å². The van der Waals surface area contributed by atoms with Crippen LogP contribution in [0, 0.1) is 11.8 Å². The minimum Gasteiger partial charge on any atom is -0.497 e. The molecule has 0 aromatic rings. The molecule has 0 aliphatic carbocycles. The van der Waals surface area contributed by atoms with Gasteiger partial charge in [0.1, 0.15) is 12.4 Å². The lowest BCUT2D eigenvalue weighted by atomic mass is 10.4. The van der Waals surface area contributed by atoms with Crippen molar-refractivity contribution < 1.29 is 9.47 Å². The number of methoxy groups -OCH3 is 2. The molecule has 16 heavy (non-hydrogen) atoms. The summed E-state index contributed by atoms with van der Waals surface area (Å²) in [6.45, 7) is 8.05. The fourth-order valence-electron chi connectivity index (χ4n) is 0.995. The molecule has 0 heterocycles. The SMILES string of the molecule is C=C(C#CC)SC(/C=C/C)=C(\COC)OC. The summed E-state index contributed by atoms with van der Waals surface area (Å²) in [4.78, 5) is 1.76. The number of hydrogen-bond acceptors (Lipinski definition) is 3. The summed E-state index contributed by atoms with van der Waals surface area (Å²) in [6.07, 6.45) is 3.91. The van der Waals surface area contributed by atoms with Gasteiger partial charge in [0, 0.05) is 7.11 Å². The second-order valence-corrected chi connectivity index (χ2v) is 3.96. The van der Waals surface area contributed by atoms with Gasteiger partial charge in [0.15, 0.2) is 0 Å². The van der Waals surface area contributed by atoms with Crippen LogP contribution in [0.25, 0.3) is 0 Å². The van der Waals surface area contributed by atoms with Crippen LogP contribution in [0.2, 0.25) is 0 Å². The van der Waals surface area contributed by atoms with E-state index in [1.165, 1.54) is 11.8 Å². The molecule has 2 nitrogen and oxygen atoms in total. The van der Waals surface area contributed by atoms with E-state index in [1.54, 1.807) is 21.1 Å². The number of ether oxygens (including phenoxy) is 2. The van der Waals surface area contributed by atoms with Crippen molar-refractivity contribution in [2.24, 2.45) is 0 Å². The van der Waals surface area contributed by atoms with Crippen molar-refractivity contribution in [1.82, 2.24) is 0 Å². The van der Waals surface area contributed by atoms with Gasteiger partial charge in [-0.3, -0.25) is 0 Å². The van der Waals surface area contributed by atoms with E-state index in [2.05, 4.69) is 18.4 Å². The molecule has 0 bridgehead atoms. The lowest BCUT2D eigenvalue weighted by molar-refractivity contribution is 0.159. The van der Waals surface area contributed by atoms with Gasteiger partial charge in [-0.1, -0.05) is 30.3 Å². The molecule has 0 saturated carbocycles. The topological polar surface area (TPSA) is 18.5 Å². The molecular formula is C13H18O2S. The highest BCUT2D eigenvalue weighted by atomic mass is 32.2. The highest BCUT2D eigenvalue weighted by Gasteiger charge is 2.06. The van der Waals surface area contributed by atoms with Crippen LogP contribution in [0.3, 0.4) is 0 Å². The summed E-state index contributed by atoms with van der Waals surface area (Å²) in [6, 6.07) is 0. The Morgan fingerprint density at radius 2 is 2.12 bits per heavy atom. The zero-order valence-corrected chi connectivity index (χ0v) is 11.1. The van der Waals surface area contributed by atoms with Crippen LogP contribution in [0.5, 0.6) is 0 Å². The van der Waals surface area contributed by atoms with Gasteiger partial charge in [0.25, 0.3) is 0 Å². The Morgan fingerprint density at radius 1 is 1.44 bits per heavy atom. The molecule has 0 unspecified atom stereocenters. The first-order valence-electron chi connectivity index (χ1n) is 4.87. The quantitative estimate of drug-likeness (QED) is 0.402. The van der Waals surface area contributed by atoms with Crippen molar-refractivity contribution in [2.45, 2.75) is 13.8 Å². The van der Waals surface area contributed by atoms with Gasteiger partial charge in [-0.05, 0) is 19.9 Å². The Labute approximate surface area is 102 Å². The van der Waals surface area contributed by atoms with Gasteiger partial charge in [-0.2, -0.15) is 0 Å². The minimum absolute atomic E-state index is 0.440. The monoisotopic (exact) mass is 238 g/mol. The lowest BCUT2D eigenvalue weighted by Gasteiger charge is -2.09. The molecule has 0 amide bonds. The molecule has 0 radical (unpaired) electrons. The van der Waals surface area contributed by atoms with Crippen molar-refractivity contribution in [2.75, 3.05) is 20.8 Å². The van der Waals surface area contributed by atoms with Crippen LogP contribution in [0.15, 0.2) is 34.3 Å². The van der Waals surface area contributed by atoms with Crippen molar-refractivity contribution in [1.29, 1.82) is 0 Å². The second-order valence-electron chi connectivity index (χ2n) is 2.82. The van der Waals surface area contributed by atoms with Crippen LogP contribution in [-0.2, 0) is 9.47 Å². The van der Waals surface area contributed by atoms with E-state index in [0.717, 1.165) is 15.6 Å². The fraction of sp³-hybridized carbons (Fsp3) is 0.385. The predicted molar refractivity (Wildman–Crippen MR) is 70.9 cm³/mol. The third kappa shape index (κ3) is 5.69. The Hall–Kier alpha value is -1.11. The summed E-state index contributed by atoms with van der Waals surface area (Å²) in [5.41, 5.74) is 0. The van der Waals surface area contributed by atoms with E-state index in [9.17, 15) is 0 Å². The van der Waals surface area contributed by atoms with Gasteiger partial charge < -0.3 is 9.47 Å². The van der Waals surface area contributed by atoms with Gasteiger partial charge in [0.05, 0.1) is 16.9 Å². The molecule has 0 saturated heterocycles. The number of rotatable bonds is 6. The van der Waals surface area contributed by atoms with Crippen molar-refractivity contribution in [3.05, 3.63) is 34.3 Å². The Morgan fingerprint density at radius 3 is 2.56 bits per heavy atom. The molecule has 0 N–H and O–H groups in total. The van der Waals surface area contributed by atoms with Gasteiger partial charge in [-0.15, -0.1) is 5.92 Å². The zero-order valence-electron chi connectivity index (χ0n) is 10.3. The average molecular weight is 238 g/mol. The smallest absolute Gasteiger partial charge is 0.135 e. The fourth-order valence-corrected chi connectivity index (χ4v) is 1.87. The largest absolute Gasteiger partial charge is 0.497 e. The third-order valence-corrected chi connectivity index (χ3v) is 2.54. The summed E-state index contributed by atoms with van der Waals surface area (Å²) in [5, 5.41) is 0. The van der Waals surface area contributed by atoms with E-state index in [4.69, 9.17) is 9.47 Å². The molecule has 0 aromatic carbocycles. The predicted octanol–water partition coefficient (Wildman–Crippen LogP) is 3.34. The molecule has 0 aliphatic rings. The summed E-state index contributed by atoms with van der Waals surface area (Å²) in [5.74, 6) is 6.51. The first-order chi connectivity index (χ1) is 7.69. The van der Waals surface area contributed by atoms with Crippen molar-refractivity contribution >= 4 is 11.8 Å². The zero-order chi connectivity index (χ0) is 12.4. The molecule has 88 valence electrons.